The molecular weight excluding hydrogens is 278 g/mol. The molecule has 0 aliphatic carbocycles. The third-order valence-corrected chi connectivity index (χ3v) is 4.24. The average molecular weight is 295 g/mol. The number of carboxylic acid groups (broad SMARTS) is 1. The van der Waals surface area contributed by atoms with Crippen LogP contribution in [0.4, 0.5) is 10.5 Å². The van der Waals surface area contributed by atoms with E-state index in [-0.39, 0.29) is 18.5 Å². The van der Waals surface area contributed by atoms with Crippen molar-refractivity contribution >= 4 is 29.4 Å². The number of thioether (sulfide) groups is 1. The quantitative estimate of drug-likeness (QED) is 0.888. The van der Waals surface area contributed by atoms with E-state index in [1.54, 1.807) is 35.0 Å². The van der Waals surface area contributed by atoms with Gasteiger partial charge in [-0.05, 0) is 19.1 Å². The van der Waals surface area contributed by atoms with Crippen molar-refractivity contribution in [2.24, 2.45) is 0 Å². The summed E-state index contributed by atoms with van der Waals surface area (Å²) in [6.07, 6.45) is 1.64. The molecule has 1 saturated heterocycles. The van der Waals surface area contributed by atoms with Crippen molar-refractivity contribution < 1.29 is 14.7 Å². The second-order valence-corrected chi connectivity index (χ2v) is 5.74. The lowest BCUT2D eigenvalue weighted by Crippen LogP contribution is -2.49. The molecule has 0 aromatic carbocycles. The molecule has 0 saturated carbocycles. The van der Waals surface area contributed by atoms with E-state index in [4.69, 9.17) is 5.11 Å². The van der Waals surface area contributed by atoms with Crippen molar-refractivity contribution in [2.45, 2.75) is 19.4 Å². The molecule has 1 fully saturated rings. The van der Waals surface area contributed by atoms with Crippen LogP contribution in [-0.4, -0.2) is 51.1 Å². The number of aromatic nitrogens is 1. The Morgan fingerprint density at radius 1 is 1.60 bits per heavy atom. The third-order valence-electron chi connectivity index (χ3n) is 3.15. The molecule has 1 atom stereocenters. The number of carbonyl (C=O) groups is 2. The summed E-state index contributed by atoms with van der Waals surface area (Å²) in [5.74, 6) is 0.606. The van der Waals surface area contributed by atoms with Gasteiger partial charge in [0, 0.05) is 24.2 Å². The summed E-state index contributed by atoms with van der Waals surface area (Å²) in [5.41, 5.74) is 1.40. The summed E-state index contributed by atoms with van der Waals surface area (Å²) < 4.78 is 0. The highest BCUT2D eigenvalue weighted by Gasteiger charge is 2.29. The Hall–Kier alpha value is -1.76. The summed E-state index contributed by atoms with van der Waals surface area (Å²) >= 11 is 1.68. The highest BCUT2D eigenvalue weighted by molar-refractivity contribution is 7.99. The standard InChI is InChI=1S/C13H17N3O3S/c1-9-11(3-2-4-14-9)15-13(19)16-5-6-20-8-10(16)7-12(17)18/h2-4,10H,5-8H2,1H3,(H,15,19)(H,17,18). The summed E-state index contributed by atoms with van der Waals surface area (Å²) in [7, 11) is 0. The number of carbonyl (C=O) groups excluding carboxylic acids is 1. The summed E-state index contributed by atoms with van der Waals surface area (Å²) in [6.45, 7) is 2.38. The molecular formula is C13H17N3O3S. The molecule has 2 amide bonds. The normalized spacial score (nSPS) is 18.6. The SMILES string of the molecule is Cc1ncccc1NC(=O)N1CCSCC1CC(=O)O. The Morgan fingerprint density at radius 3 is 3.10 bits per heavy atom. The molecule has 2 N–H and O–H groups in total. The molecule has 1 aromatic heterocycles. The highest BCUT2D eigenvalue weighted by atomic mass is 32.2. The van der Waals surface area contributed by atoms with Gasteiger partial charge in [0.2, 0.25) is 0 Å². The molecule has 1 aromatic rings. The summed E-state index contributed by atoms with van der Waals surface area (Å²) in [6, 6.07) is 3.02. The van der Waals surface area contributed by atoms with Gasteiger partial charge >= 0.3 is 12.0 Å². The maximum atomic E-state index is 12.3. The minimum Gasteiger partial charge on any atom is -0.481 e. The van der Waals surface area contributed by atoms with Crippen LogP contribution >= 0.6 is 11.8 Å². The molecule has 2 heterocycles. The number of anilines is 1. The van der Waals surface area contributed by atoms with Gasteiger partial charge in [0.25, 0.3) is 0 Å². The number of aryl methyl sites for hydroxylation is 1. The lowest BCUT2D eigenvalue weighted by atomic mass is 10.2. The maximum Gasteiger partial charge on any atom is 0.322 e. The fourth-order valence-corrected chi connectivity index (χ4v) is 3.16. The van der Waals surface area contributed by atoms with Crippen molar-refractivity contribution in [3.63, 3.8) is 0 Å². The molecule has 1 aliphatic rings. The van der Waals surface area contributed by atoms with Gasteiger partial charge in [-0.25, -0.2) is 4.79 Å². The van der Waals surface area contributed by atoms with Gasteiger partial charge in [-0.15, -0.1) is 0 Å². The molecule has 7 heteroatoms. The number of urea groups is 1. The number of amides is 2. The molecule has 108 valence electrons. The molecule has 6 nitrogen and oxygen atoms in total. The molecule has 1 unspecified atom stereocenters. The topological polar surface area (TPSA) is 82.5 Å². The first-order valence-electron chi connectivity index (χ1n) is 6.36. The zero-order valence-electron chi connectivity index (χ0n) is 11.2. The van der Waals surface area contributed by atoms with Crippen LogP contribution in [0.5, 0.6) is 0 Å². The Bertz CT molecular complexity index is 509. The van der Waals surface area contributed by atoms with Crippen molar-refractivity contribution in [1.82, 2.24) is 9.88 Å². The molecule has 0 radical (unpaired) electrons. The van der Waals surface area contributed by atoms with E-state index >= 15 is 0 Å². The first-order chi connectivity index (χ1) is 9.58. The number of pyridine rings is 1. The third kappa shape index (κ3) is 3.63. The average Bonchev–Trinajstić information content (AvgIpc) is 2.41. The highest BCUT2D eigenvalue weighted by Crippen LogP contribution is 2.21. The van der Waals surface area contributed by atoms with Gasteiger partial charge in [-0.3, -0.25) is 9.78 Å². The Labute approximate surface area is 121 Å². The lowest BCUT2D eigenvalue weighted by molar-refractivity contribution is -0.137. The van der Waals surface area contributed by atoms with E-state index in [9.17, 15) is 9.59 Å². The number of aliphatic carboxylic acids is 1. The van der Waals surface area contributed by atoms with Crippen LogP contribution in [0.3, 0.4) is 0 Å². The second kappa shape index (κ2) is 6.60. The first-order valence-corrected chi connectivity index (χ1v) is 7.52. The van der Waals surface area contributed by atoms with Gasteiger partial charge in [0.15, 0.2) is 0 Å². The van der Waals surface area contributed by atoms with Crippen molar-refractivity contribution in [1.29, 1.82) is 0 Å². The van der Waals surface area contributed by atoms with E-state index in [2.05, 4.69) is 10.3 Å². The summed E-state index contributed by atoms with van der Waals surface area (Å²) in [5, 5.41) is 11.7. The van der Waals surface area contributed by atoms with Gasteiger partial charge in [0.1, 0.15) is 0 Å². The number of carboxylic acids is 1. The van der Waals surface area contributed by atoms with Crippen molar-refractivity contribution in [3.05, 3.63) is 24.0 Å². The van der Waals surface area contributed by atoms with Gasteiger partial charge in [-0.1, -0.05) is 0 Å². The molecule has 1 aliphatic heterocycles. The van der Waals surface area contributed by atoms with Crippen LogP contribution in [0.15, 0.2) is 18.3 Å². The molecule has 0 spiro atoms. The lowest BCUT2D eigenvalue weighted by Gasteiger charge is -2.34. The molecule has 0 bridgehead atoms. The maximum absolute atomic E-state index is 12.3. The monoisotopic (exact) mass is 295 g/mol. The van der Waals surface area contributed by atoms with E-state index in [0.29, 0.717) is 18.0 Å². The number of nitrogens with one attached hydrogen (secondary N) is 1. The fraction of sp³-hybridized carbons (Fsp3) is 0.462. The van der Waals surface area contributed by atoms with Crippen molar-refractivity contribution in [2.75, 3.05) is 23.4 Å². The van der Waals surface area contributed by atoms with Crippen LogP contribution in [0.2, 0.25) is 0 Å². The van der Waals surface area contributed by atoms with E-state index in [1.165, 1.54) is 0 Å². The van der Waals surface area contributed by atoms with Crippen LogP contribution < -0.4 is 5.32 Å². The van der Waals surface area contributed by atoms with Crippen LogP contribution in [0, 0.1) is 6.92 Å². The van der Waals surface area contributed by atoms with Gasteiger partial charge in [-0.2, -0.15) is 11.8 Å². The summed E-state index contributed by atoms with van der Waals surface area (Å²) in [4.78, 5) is 28.9. The van der Waals surface area contributed by atoms with Crippen molar-refractivity contribution in [3.8, 4) is 0 Å². The van der Waals surface area contributed by atoms with Crippen LogP contribution in [0.25, 0.3) is 0 Å². The smallest absolute Gasteiger partial charge is 0.322 e. The first kappa shape index (κ1) is 14.6. The van der Waals surface area contributed by atoms with E-state index in [0.717, 1.165) is 11.4 Å². The Balaban J connectivity index is 2.06. The minimum absolute atomic E-state index is 0.0214. The van der Waals surface area contributed by atoms with E-state index < -0.39 is 5.97 Å². The zero-order chi connectivity index (χ0) is 14.5. The zero-order valence-corrected chi connectivity index (χ0v) is 12.0. The molecule has 2 rings (SSSR count). The number of rotatable bonds is 3. The Morgan fingerprint density at radius 2 is 2.40 bits per heavy atom. The van der Waals surface area contributed by atoms with E-state index in [1.807, 2.05) is 6.92 Å². The van der Waals surface area contributed by atoms with Crippen LogP contribution in [0.1, 0.15) is 12.1 Å². The van der Waals surface area contributed by atoms with Gasteiger partial charge < -0.3 is 15.3 Å². The van der Waals surface area contributed by atoms with Crippen LogP contribution in [-0.2, 0) is 4.79 Å². The molecule has 20 heavy (non-hydrogen) atoms. The number of hydrogen-bond acceptors (Lipinski definition) is 4. The fourth-order valence-electron chi connectivity index (χ4n) is 2.10. The van der Waals surface area contributed by atoms with Gasteiger partial charge in [0.05, 0.1) is 23.8 Å². The number of hydrogen-bond donors (Lipinski definition) is 2. The second-order valence-electron chi connectivity index (χ2n) is 4.59. The Kier molecular flexibility index (Phi) is 4.84. The predicted octanol–water partition coefficient (Wildman–Crippen LogP) is 1.81. The largest absolute Gasteiger partial charge is 0.481 e. The number of nitrogens with zero attached hydrogens (tertiary/aromatic N) is 2. The predicted molar refractivity (Wildman–Crippen MR) is 78.1 cm³/mol. The minimum atomic E-state index is -0.882.